The highest BCUT2D eigenvalue weighted by Crippen LogP contribution is 2.27. The van der Waals surface area contributed by atoms with Gasteiger partial charge in [-0.1, -0.05) is 23.2 Å². The van der Waals surface area contributed by atoms with E-state index in [1.54, 1.807) is 7.11 Å². The molecule has 1 aromatic heterocycles. The van der Waals surface area contributed by atoms with E-state index >= 15 is 0 Å². The van der Waals surface area contributed by atoms with Crippen molar-refractivity contribution in [3.05, 3.63) is 82.8 Å². The standard InChI is InChI=1S/C22H15Cl2N3O/c1-28-19-12-6-16(7-13-19)22-26-20(14-2-8-17(23)9-3-14)25-21(27-22)15-4-10-18(24)11-5-15/h2-13H,1H3. The van der Waals surface area contributed by atoms with Crippen molar-refractivity contribution < 1.29 is 4.74 Å². The van der Waals surface area contributed by atoms with Crippen molar-refractivity contribution in [3.8, 4) is 39.9 Å². The van der Waals surface area contributed by atoms with Crippen LogP contribution in [0.1, 0.15) is 0 Å². The maximum absolute atomic E-state index is 6.02. The Kier molecular flexibility index (Phi) is 5.24. The Morgan fingerprint density at radius 1 is 0.536 bits per heavy atom. The second-order valence-electron chi connectivity index (χ2n) is 6.05. The predicted octanol–water partition coefficient (Wildman–Crippen LogP) is 6.19. The van der Waals surface area contributed by atoms with Crippen molar-refractivity contribution in [1.82, 2.24) is 15.0 Å². The van der Waals surface area contributed by atoms with Gasteiger partial charge in [-0.3, -0.25) is 0 Å². The van der Waals surface area contributed by atoms with Gasteiger partial charge in [-0.25, -0.2) is 15.0 Å². The van der Waals surface area contributed by atoms with Crippen molar-refractivity contribution in [3.63, 3.8) is 0 Å². The zero-order valence-electron chi connectivity index (χ0n) is 14.9. The topological polar surface area (TPSA) is 47.9 Å². The van der Waals surface area contributed by atoms with Crippen LogP contribution in [0.25, 0.3) is 34.2 Å². The Balaban J connectivity index is 1.86. The molecule has 4 rings (SSSR count). The van der Waals surface area contributed by atoms with Crippen LogP contribution in [0.5, 0.6) is 5.75 Å². The first-order chi connectivity index (χ1) is 13.6. The van der Waals surface area contributed by atoms with Gasteiger partial charge in [-0.2, -0.15) is 0 Å². The highest BCUT2D eigenvalue weighted by molar-refractivity contribution is 6.30. The van der Waals surface area contributed by atoms with E-state index in [9.17, 15) is 0 Å². The highest BCUT2D eigenvalue weighted by atomic mass is 35.5. The highest BCUT2D eigenvalue weighted by Gasteiger charge is 2.12. The van der Waals surface area contributed by atoms with Crippen LogP contribution in [0.4, 0.5) is 0 Å². The van der Waals surface area contributed by atoms with E-state index in [2.05, 4.69) is 15.0 Å². The number of nitrogens with zero attached hydrogens (tertiary/aromatic N) is 3. The molecular weight excluding hydrogens is 393 g/mol. The lowest BCUT2D eigenvalue weighted by atomic mass is 10.1. The number of methoxy groups -OCH3 is 1. The van der Waals surface area contributed by atoms with Crippen LogP contribution in [0, 0.1) is 0 Å². The summed E-state index contributed by atoms with van der Waals surface area (Å²) in [6, 6.07) is 22.4. The molecule has 0 N–H and O–H groups in total. The molecule has 4 nitrogen and oxygen atoms in total. The van der Waals surface area contributed by atoms with E-state index in [-0.39, 0.29) is 0 Å². The van der Waals surface area contributed by atoms with Gasteiger partial charge in [0.1, 0.15) is 5.75 Å². The zero-order chi connectivity index (χ0) is 19.5. The fourth-order valence-corrected chi connectivity index (χ4v) is 2.95. The minimum atomic E-state index is 0.572. The van der Waals surface area contributed by atoms with Gasteiger partial charge >= 0.3 is 0 Å². The lowest BCUT2D eigenvalue weighted by Gasteiger charge is -2.09. The first-order valence-corrected chi connectivity index (χ1v) is 9.30. The molecule has 0 unspecified atom stereocenters. The molecule has 0 spiro atoms. The molecule has 0 aliphatic carbocycles. The summed E-state index contributed by atoms with van der Waals surface area (Å²) >= 11 is 12.0. The first kappa shape index (κ1) is 18.4. The molecule has 0 radical (unpaired) electrons. The van der Waals surface area contributed by atoms with Gasteiger partial charge in [0.25, 0.3) is 0 Å². The molecule has 6 heteroatoms. The minimum Gasteiger partial charge on any atom is -0.497 e. The van der Waals surface area contributed by atoms with Gasteiger partial charge in [0.2, 0.25) is 0 Å². The molecular formula is C22H15Cl2N3O. The fourth-order valence-electron chi connectivity index (χ4n) is 2.70. The normalized spacial score (nSPS) is 10.7. The van der Waals surface area contributed by atoms with Crippen molar-refractivity contribution in [2.45, 2.75) is 0 Å². The van der Waals surface area contributed by atoms with Gasteiger partial charge in [0.15, 0.2) is 17.5 Å². The molecule has 0 saturated heterocycles. The molecule has 0 bridgehead atoms. The van der Waals surface area contributed by atoms with E-state index in [0.29, 0.717) is 27.5 Å². The number of ether oxygens (including phenoxy) is 1. The summed E-state index contributed by atoms with van der Waals surface area (Å²) in [6.45, 7) is 0. The average Bonchev–Trinajstić information content (AvgIpc) is 2.74. The Morgan fingerprint density at radius 3 is 1.18 bits per heavy atom. The first-order valence-electron chi connectivity index (χ1n) is 8.55. The molecule has 0 saturated carbocycles. The largest absolute Gasteiger partial charge is 0.497 e. The van der Waals surface area contributed by atoms with Crippen LogP contribution < -0.4 is 4.74 Å². The van der Waals surface area contributed by atoms with Gasteiger partial charge in [0, 0.05) is 26.7 Å². The van der Waals surface area contributed by atoms with Crippen LogP contribution in [0.3, 0.4) is 0 Å². The number of rotatable bonds is 4. The third kappa shape index (κ3) is 3.98. The van der Waals surface area contributed by atoms with E-state index in [1.807, 2.05) is 72.8 Å². The number of hydrogen-bond acceptors (Lipinski definition) is 4. The van der Waals surface area contributed by atoms with E-state index in [4.69, 9.17) is 27.9 Å². The molecule has 3 aromatic carbocycles. The monoisotopic (exact) mass is 407 g/mol. The average molecular weight is 408 g/mol. The number of halogens is 2. The summed E-state index contributed by atoms with van der Waals surface area (Å²) < 4.78 is 5.24. The zero-order valence-corrected chi connectivity index (χ0v) is 16.4. The Bertz CT molecular complexity index is 1030. The predicted molar refractivity (Wildman–Crippen MR) is 113 cm³/mol. The molecule has 0 fully saturated rings. The second kappa shape index (κ2) is 7.97. The van der Waals surface area contributed by atoms with Gasteiger partial charge in [-0.05, 0) is 72.8 Å². The summed E-state index contributed by atoms with van der Waals surface area (Å²) in [5.74, 6) is 2.49. The second-order valence-corrected chi connectivity index (χ2v) is 6.92. The Morgan fingerprint density at radius 2 is 0.857 bits per heavy atom. The molecule has 1 heterocycles. The molecule has 138 valence electrons. The van der Waals surface area contributed by atoms with Gasteiger partial charge in [-0.15, -0.1) is 0 Å². The summed E-state index contributed by atoms with van der Waals surface area (Å²) in [4.78, 5) is 14.0. The van der Waals surface area contributed by atoms with Crippen molar-refractivity contribution in [1.29, 1.82) is 0 Å². The van der Waals surface area contributed by atoms with E-state index in [1.165, 1.54) is 0 Å². The van der Waals surface area contributed by atoms with Gasteiger partial charge in [0.05, 0.1) is 7.11 Å². The summed E-state index contributed by atoms with van der Waals surface area (Å²) in [5, 5.41) is 1.32. The lowest BCUT2D eigenvalue weighted by molar-refractivity contribution is 0.415. The summed E-state index contributed by atoms with van der Waals surface area (Å²) in [6.07, 6.45) is 0. The maximum Gasteiger partial charge on any atom is 0.164 e. The fraction of sp³-hybridized carbons (Fsp3) is 0.0455. The minimum absolute atomic E-state index is 0.572. The quantitative estimate of drug-likeness (QED) is 0.404. The van der Waals surface area contributed by atoms with Crippen LogP contribution in [0.15, 0.2) is 72.8 Å². The van der Waals surface area contributed by atoms with Crippen molar-refractivity contribution >= 4 is 23.2 Å². The lowest BCUT2D eigenvalue weighted by Crippen LogP contribution is -2.00. The summed E-state index contributed by atoms with van der Waals surface area (Å²) in [5.41, 5.74) is 2.59. The molecule has 0 aliphatic heterocycles. The SMILES string of the molecule is COc1ccc(-c2nc(-c3ccc(Cl)cc3)nc(-c3ccc(Cl)cc3)n2)cc1. The van der Waals surface area contributed by atoms with Crippen molar-refractivity contribution in [2.75, 3.05) is 7.11 Å². The molecule has 28 heavy (non-hydrogen) atoms. The molecule has 0 amide bonds. The summed E-state index contributed by atoms with van der Waals surface area (Å²) in [7, 11) is 1.63. The number of aromatic nitrogens is 3. The van der Waals surface area contributed by atoms with Gasteiger partial charge < -0.3 is 4.74 Å². The third-order valence-corrected chi connectivity index (χ3v) is 4.69. The molecule has 0 aliphatic rings. The molecule has 4 aromatic rings. The molecule has 0 atom stereocenters. The van der Waals surface area contributed by atoms with E-state index < -0.39 is 0 Å². The Labute approximate surface area is 172 Å². The van der Waals surface area contributed by atoms with Crippen LogP contribution in [-0.2, 0) is 0 Å². The van der Waals surface area contributed by atoms with E-state index in [0.717, 1.165) is 22.4 Å². The smallest absolute Gasteiger partial charge is 0.164 e. The third-order valence-electron chi connectivity index (χ3n) is 4.19. The van der Waals surface area contributed by atoms with Crippen LogP contribution in [0.2, 0.25) is 10.0 Å². The maximum atomic E-state index is 6.02. The van der Waals surface area contributed by atoms with Crippen LogP contribution in [-0.4, -0.2) is 22.1 Å². The Hall–Kier alpha value is -2.95. The number of benzene rings is 3. The van der Waals surface area contributed by atoms with Crippen LogP contribution >= 0.6 is 23.2 Å². The van der Waals surface area contributed by atoms with Crippen molar-refractivity contribution in [2.24, 2.45) is 0 Å². The number of hydrogen-bond donors (Lipinski definition) is 0.